The van der Waals surface area contributed by atoms with Crippen molar-refractivity contribution in [2.24, 2.45) is 5.73 Å². The van der Waals surface area contributed by atoms with Crippen molar-refractivity contribution in [1.82, 2.24) is 9.97 Å². The van der Waals surface area contributed by atoms with Gasteiger partial charge in [0.15, 0.2) is 11.4 Å². The van der Waals surface area contributed by atoms with Crippen LogP contribution < -0.4 is 20.7 Å². The zero-order chi connectivity index (χ0) is 34.2. The lowest BCUT2D eigenvalue weighted by atomic mass is 9.96. The number of halogens is 2. The van der Waals surface area contributed by atoms with Gasteiger partial charge in [0.05, 0.1) is 49.5 Å². The summed E-state index contributed by atoms with van der Waals surface area (Å²) in [6, 6.07) is 9.25. The lowest BCUT2D eigenvalue weighted by Gasteiger charge is -2.27. The lowest BCUT2D eigenvalue weighted by Crippen LogP contribution is -2.42. The van der Waals surface area contributed by atoms with E-state index in [0.29, 0.717) is 18.7 Å². The lowest BCUT2D eigenvalue weighted by molar-refractivity contribution is -0.170. The molecular weight excluding hydrogens is 616 g/mol. The number of methoxy groups -OCH3 is 1. The van der Waals surface area contributed by atoms with E-state index in [-0.39, 0.29) is 47.2 Å². The van der Waals surface area contributed by atoms with Crippen LogP contribution in [0.5, 0.6) is 5.75 Å². The highest BCUT2D eigenvalue weighted by atomic mass is 19.1. The number of carbonyl (C=O) groups is 4. The molecule has 1 saturated heterocycles. The van der Waals surface area contributed by atoms with Crippen molar-refractivity contribution in [2.75, 3.05) is 30.5 Å². The summed E-state index contributed by atoms with van der Waals surface area (Å²) in [5.74, 6) is -6.60. The molecule has 1 aliphatic heterocycles. The zero-order valence-corrected chi connectivity index (χ0v) is 24.3. The summed E-state index contributed by atoms with van der Waals surface area (Å²) in [5.41, 5.74) is 4.01. The summed E-state index contributed by atoms with van der Waals surface area (Å²) in [6.45, 7) is 0.322. The average Bonchev–Trinajstić information content (AvgIpc) is 3.36. The van der Waals surface area contributed by atoms with Gasteiger partial charge >= 0.3 is 17.9 Å². The predicted octanol–water partition coefficient (Wildman–Crippen LogP) is 1.33. The minimum Gasteiger partial charge on any atom is -0.496 e. The molecule has 0 aliphatic carbocycles. The SMILES string of the molecule is COc1cccc(F)c1-c1nccc(C(=O)Nc2cc(F)ccc2N2C[C@@H](N)C[C@H]2CO)n1.O=C(O)CC(O)(CC(=O)O)C(=O)O. The summed E-state index contributed by atoms with van der Waals surface area (Å²) in [5, 5.41) is 46.2. The number of nitrogens with two attached hydrogens (primary N) is 1. The van der Waals surface area contributed by atoms with E-state index in [1.807, 2.05) is 4.90 Å². The van der Waals surface area contributed by atoms with Gasteiger partial charge in [0, 0.05) is 18.8 Å². The molecule has 1 aromatic heterocycles. The van der Waals surface area contributed by atoms with E-state index in [0.717, 1.165) is 0 Å². The number of aliphatic hydroxyl groups excluding tert-OH is 1. The molecule has 0 radical (unpaired) electrons. The molecule has 0 bridgehead atoms. The molecule has 15 nitrogen and oxygen atoms in total. The minimum atomic E-state index is -2.74. The van der Waals surface area contributed by atoms with Crippen LogP contribution in [0.2, 0.25) is 0 Å². The van der Waals surface area contributed by atoms with Gasteiger partial charge in [0.1, 0.15) is 23.1 Å². The van der Waals surface area contributed by atoms with Crippen molar-refractivity contribution in [1.29, 1.82) is 0 Å². The summed E-state index contributed by atoms with van der Waals surface area (Å²) >= 11 is 0. The Morgan fingerprint density at radius 3 is 2.35 bits per heavy atom. The molecule has 1 amide bonds. The van der Waals surface area contributed by atoms with Crippen LogP contribution >= 0.6 is 0 Å². The first kappa shape index (κ1) is 35.2. The molecule has 17 heteroatoms. The highest BCUT2D eigenvalue weighted by Gasteiger charge is 2.40. The van der Waals surface area contributed by atoms with Crippen molar-refractivity contribution in [3.8, 4) is 17.1 Å². The Labute approximate surface area is 259 Å². The standard InChI is InChI=1S/C23H23F2N5O3.C6H8O7/c1-33-20-4-2-3-16(25)21(20)22-27-8-7-17(28-22)23(32)29-18-9-13(24)5-6-19(18)30-11-14(26)10-15(30)12-31;7-3(8)1-6(13,5(11)12)2-4(9)10/h2-9,14-15,31H,10-12,26H2,1H3,(H,29,32);13H,1-2H2,(H,7,8)(H,9,10)(H,11,12)/t14-,15-;/m0./s1. The topological polar surface area (TPSA) is 246 Å². The fourth-order valence-electron chi connectivity index (χ4n) is 4.68. The van der Waals surface area contributed by atoms with Gasteiger partial charge in [-0.3, -0.25) is 14.4 Å². The molecule has 4 rings (SSSR count). The van der Waals surface area contributed by atoms with Crippen molar-refractivity contribution >= 4 is 35.2 Å². The Morgan fingerprint density at radius 1 is 1.09 bits per heavy atom. The summed E-state index contributed by atoms with van der Waals surface area (Å²) in [7, 11) is 1.39. The molecule has 1 aliphatic rings. The molecular formula is C29H31F2N5O10. The number of anilines is 2. The molecule has 2 heterocycles. The summed E-state index contributed by atoms with van der Waals surface area (Å²) < 4.78 is 33.7. The van der Waals surface area contributed by atoms with Crippen molar-refractivity contribution in [3.05, 3.63) is 66.0 Å². The maximum Gasteiger partial charge on any atom is 0.336 e. The van der Waals surface area contributed by atoms with Gasteiger partial charge in [0.2, 0.25) is 0 Å². The van der Waals surface area contributed by atoms with E-state index in [9.17, 15) is 33.1 Å². The highest BCUT2D eigenvalue weighted by Crippen LogP contribution is 2.33. The Hall–Kier alpha value is -5.26. The smallest absolute Gasteiger partial charge is 0.336 e. The third kappa shape index (κ3) is 8.68. The highest BCUT2D eigenvalue weighted by molar-refractivity contribution is 6.05. The zero-order valence-electron chi connectivity index (χ0n) is 24.3. The third-order valence-corrected chi connectivity index (χ3v) is 6.77. The van der Waals surface area contributed by atoms with Crippen LogP contribution in [-0.4, -0.2) is 97.3 Å². The Kier molecular flexibility index (Phi) is 11.6. The summed E-state index contributed by atoms with van der Waals surface area (Å²) in [6.07, 6.45) is -0.388. The Balaban J connectivity index is 0.000000376. The second kappa shape index (κ2) is 15.2. The number of carboxylic acid groups (broad SMARTS) is 3. The van der Waals surface area contributed by atoms with Crippen LogP contribution in [0.15, 0.2) is 48.7 Å². The van der Waals surface area contributed by atoms with E-state index in [1.54, 1.807) is 6.07 Å². The van der Waals surface area contributed by atoms with E-state index in [2.05, 4.69) is 15.3 Å². The number of carboxylic acids is 3. The van der Waals surface area contributed by atoms with Gasteiger partial charge in [-0.1, -0.05) is 6.07 Å². The number of aliphatic hydroxyl groups is 2. The first-order valence-corrected chi connectivity index (χ1v) is 13.5. The molecule has 2 atom stereocenters. The van der Waals surface area contributed by atoms with E-state index in [1.165, 1.54) is 49.7 Å². The predicted molar refractivity (Wildman–Crippen MR) is 156 cm³/mol. The monoisotopic (exact) mass is 647 g/mol. The molecule has 2 aromatic carbocycles. The number of aromatic nitrogens is 2. The maximum atomic E-state index is 14.4. The van der Waals surface area contributed by atoms with Gasteiger partial charge < -0.3 is 46.2 Å². The quantitative estimate of drug-likeness (QED) is 0.155. The van der Waals surface area contributed by atoms with Gasteiger partial charge in [0.25, 0.3) is 5.91 Å². The number of aliphatic carboxylic acids is 3. The van der Waals surface area contributed by atoms with Gasteiger partial charge in [-0.25, -0.2) is 23.5 Å². The van der Waals surface area contributed by atoms with Crippen LogP contribution in [-0.2, 0) is 14.4 Å². The van der Waals surface area contributed by atoms with Gasteiger partial charge in [-0.05, 0) is 42.8 Å². The number of hydrogen-bond donors (Lipinski definition) is 7. The first-order chi connectivity index (χ1) is 21.7. The van der Waals surface area contributed by atoms with Gasteiger partial charge in [-0.15, -0.1) is 0 Å². The van der Waals surface area contributed by atoms with Crippen LogP contribution in [0.1, 0.15) is 29.8 Å². The molecule has 0 unspecified atom stereocenters. The molecule has 0 spiro atoms. The number of rotatable bonds is 11. The number of ether oxygens (including phenoxy) is 1. The Bertz CT molecular complexity index is 1590. The fraction of sp³-hybridized carbons (Fsp3) is 0.310. The van der Waals surface area contributed by atoms with E-state index < -0.39 is 53.9 Å². The third-order valence-electron chi connectivity index (χ3n) is 6.77. The van der Waals surface area contributed by atoms with Gasteiger partial charge in [-0.2, -0.15) is 0 Å². The fourth-order valence-corrected chi connectivity index (χ4v) is 4.68. The minimum absolute atomic E-state index is 0.0251. The van der Waals surface area contributed by atoms with Crippen molar-refractivity contribution in [2.45, 2.75) is 36.9 Å². The summed E-state index contributed by atoms with van der Waals surface area (Å²) in [4.78, 5) is 53.6. The van der Waals surface area contributed by atoms with Crippen molar-refractivity contribution in [3.63, 3.8) is 0 Å². The maximum absolute atomic E-state index is 14.4. The number of carbonyl (C=O) groups excluding carboxylic acids is 1. The van der Waals surface area contributed by atoms with Crippen LogP contribution in [0.3, 0.4) is 0 Å². The second-order valence-electron chi connectivity index (χ2n) is 10.2. The van der Waals surface area contributed by atoms with Crippen LogP contribution in [0, 0.1) is 11.6 Å². The number of nitrogens with one attached hydrogen (secondary N) is 1. The number of amides is 1. The number of hydrogen-bond acceptors (Lipinski definition) is 11. The molecule has 0 saturated carbocycles. The first-order valence-electron chi connectivity index (χ1n) is 13.5. The largest absolute Gasteiger partial charge is 0.496 e. The molecule has 8 N–H and O–H groups in total. The van der Waals surface area contributed by atoms with Crippen molar-refractivity contribution < 1.29 is 58.2 Å². The average molecular weight is 648 g/mol. The Morgan fingerprint density at radius 2 is 1.76 bits per heavy atom. The number of benzene rings is 2. The molecule has 246 valence electrons. The van der Waals surface area contributed by atoms with E-state index in [4.69, 9.17) is 30.9 Å². The van der Waals surface area contributed by atoms with Crippen LogP contribution in [0.4, 0.5) is 20.2 Å². The van der Waals surface area contributed by atoms with E-state index >= 15 is 0 Å². The second-order valence-corrected chi connectivity index (χ2v) is 10.2. The molecule has 46 heavy (non-hydrogen) atoms. The number of nitrogens with zero attached hydrogens (tertiary/aromatic N) is 3. The normalized spacial score (nSPS) is 15.8. The molecule has 1 fully saturated rings. The van der Waals surface area contributed by atoms with Crippen LogP contribution in [0.25, 0.3) is 11.4 Å². The molecule has 3 aromatic rings.